The summed E-state index contributed by atoms with van der Waals surface area (Å²) in [5.41, 5.74) is 0.744. The van der Waals surface area contributed by atoms with Crippen LogP contribution >= 0.6 is 0 Å². The van der Waals surface area contributed by atoms with Crippen molar-refractivity contribution in [2.75, 3.05) is 56.9 Å². The second kappa shape index (κ2) is 9.18. The normalized spacial score (nSPS) is 15.4. The topological polar surface area (TPSA) is 87.2 Å². The largest absolute Gasteiger partial charge is 0.465 e. The van der Waals surface area contributed by atoms with Crippen molar-refractivity contribution in [1.82, 2.24) is 9.80 Å². The lowest BCUT2D eigenvalue weighted by molar-refractivity contribution is -0.132. The molecule has 1 aromatic carbocycles. The number of benzene rings is 1. The second-order valence-electron chi connectivity index (χ2n) is 6.44. The fraction of sp³-hybridized carbons (Fsp3) is 0.556. The van der Waals surface area contributed by atoms with E-state index in [4.69, 9.17) is 0 Å². The summed E-state index contributed by atoms with van der Waals surface area (Å²) in [7, 11) is -2.27. The Balaban J connectivity index is 2.03. The Kier molecular flexibility index (Phi) is 7.20. The summed E-state index contributed by atoms with van der Waals surface area (Å²) in [6.45, 7) is 6.13. The predicted molar refractivity (Wildman–Crippen MR) is 103 cm³/mol. The molecule has 1 saturated heterocycles. The Morgan fingerprint density at radius 2 is 1.70 bits per heavy atom. The van der Waals surface area contributed by atoms with Gasteiger partial charge in [-0.25, -0.2) is 13.2 Å². The monoisotopic (exact) mass is 397 g/mol. The van der Waals surface area contributed by atoms with Crippen LogP contribution in [-0.2, 0) is 19.6 Å². The van der Waals surface area contributed by atoms with Gasteiger partial charge in [0.1, 0.15) is 0 Å². The number of carbonyl (C=O) groups excluding carboxylic acids is 2. The van der Waals surface area contributed by atoms with Gasteiger partial charge in [0, 0.05) is 39.1 Å². The number of sulfonamides is 1. The average molecular weight is 397 g/mol. The van der Waals surface area contributed by atoms with Crippen LogP contribution in [0, 0.1) is 0 Å². The molecular formula is C18H27N3O5S. The molecule has 1 aromatic rings. The van der Waals surface area contributed by atoms with Crippen LogP contribution in [-0.4, -0.2) is 82.7 Å². The molecule has 0 aliphatic carbocycles. The third-order valence-electron chi connectivity index (χ3n) is 4.68. The summed E-state index contributed by atoms with van der Waals surface area (Å²) < 4.78 is 30.2. The number of rotatable bonds is 7. The lowest BCUT2D eigenvalue weighted by atomic mass is 10.2. The molecule has 0 N–H and O–H groups in total. The zero-order valence-electron chi connectivity index (χ0n) is 16.1. The molecule has 1 amide bonds. The summed E-state index contributed by atoms with van der Waals surface area (Å²) >= 11 is 0. The predicted octanol–water partition coefficient (Wildman–Crippen LogP) is 0.793. The van der Waals surface area contributed by atoms with Gasteiger partial charge in [0.15, 0.2) is 0 Å². The van der Waals surface area contributed by atoms with Crippen LogP contribution in [0.1, 0.15) is 23.7 Å². The van der Waals surface area contributed by atoms with Gasteiger partial charge in [-0.1, -0.05) is 6.92 Å². The molecule has 150 valence electrons. The molecule has 1 aliphatic heterocycles. The van der Waals surface area contributed by atoms with Gasteiger partial charge in [0.25, 0.3) is 0 Å². The quantitative estimate of drug-likeness (QED) is 0.633. The summed E-state index contributed by atoms with van der Waals surface area (Å²) in [6, 6.07) is 6.09. The maximum Gasteiger partial charge on any atom is 0.337 e. The highest BCUT2D eigenvalue weighted by Gasteiger charge is 2.23. The minimum absolute atomic E-state index is 0.0504. The maximum absolute atomic E-state index is 12.5. The van der Waals surface area contributed by atoms with E-state index in [2.05, 4.69) is 16.6 Å². The van der Waals surface area contributed by atoms with Gasteiger partial charge in [-0.3, -0.25) is 9.10 Å². The molecule has 1 aliphatic rings. The average Bonchev–Trinajstić information content (AvgIpc) is 2.67. The molecule has 1 fully saturated rings. The number of methoxy groups -OCH3 is 1. The number of anilines is 1. The zero-order valence-corrected chi connectivity index (χ0v) is 16.9. The number of nitrogens with zero attached hydrogens (tertiary/aromatic N) is 3. The smallest absolute Gasteiger partial charge is 0.337 e. The fourth-order valence-corrected chi connectivity index (χ4v) is 3.96. The van der Waals surface area contributed by atoms with Gasteiger partial charge in [-0.15, -0.1) is 0 Å². The lowest BCUT2D eigenvalue weighted by Gasteiger charge is -2.34. The van der Waals surface area contributed by atoms with Crippen molar-refractivity contribution in [2.24, 2.45) is 0 Å². The Hall–Kier alpha value is -2.13. The van der Waals surface area contributed by atoms with Crippen LogP contribution < -0.4 is 4.31 Å². The molecule has 0 atom stereocenters. The first kappa shape index (κ1) is 21.2. The Morgan fingerprint density at radius 3 is 2.19 bits per heavy atom. The van der Waals surface area contributed by atoms with E-state index < -0.39 is 16.0 Å². The number of esters is 1. The summed E-state index contributed by atoms with van der Waals surface area (Å²) in [4.78, 5) is 28.0. The van der Waals surface area contributed by atoms with Gasteiger partial charge < -0.3 is 14.5 Å². The van der Waals surface area contributed by atoms with Gasteiger partial charge >= 0.3 is 5.97 Å². The van der Waals surface area contributed by atoms with E-state index in [1.54, 1.807) is 4.90 Å². The first-order chi connectivity index (χ1) is 12.8. The van der Waals surface area contributed by atoms with Crippen molar-refractivity contribution >= 4 is 27.6 Å². The van der Waals surface area contributed by atoms with Crippen molar-refractivity contribution in [3.63, 3.8) is 0 Å². The molecule has 0 bridgehead atoms. The van der Waals surface area contributed by atoms with E-state index in [0.29, 0.717) is 24.3 Å². The first-order valence-corrected chi connectivity index (χ1v) is 10.8. The fourth-order valence-electron chi connectivity index (χ4n) is 3.04. The maximum atomic E-state index is 12.5. The molecule has 27 heavy (non-hydrogen) atoms. The van der Waals surface area contributed by atoms with Crippen LogP contribution in [0.2, 0.25) is 0 Å². The lowest BCUT2D eigenvalue weighted by Crippen LogP contribution is -2.49. The minimum atomic E-state index is -3.56. The first-order valence-electron chi connectivity index (χ1n) is 8.92. The number of likely N-dealkylation sites (N-methyl/N-ethyl adjacent to an activating group) is 1. The molecule has 0 saturated carbocycles. The zero-order chi connectivity index (χ0) is 20.0. The van der Waals surface area contributed by atoms with Crippen molar-refractivity contribution in [2.45, 2.75) is 13.3 Å². The molecule has 1 heterocycles. The summed E-state index contributed by atoms with van der Waals surface area (Å²) in [5.74, 6) is -0.542. The van der Waals surface area contributed by atoms with Crippen LogP contribution in [0.15, 0.2) is 24.3 Å². The van der Waals surface area contributed by atoms with E-state index in [9.17, 15) is 18.0 Å². The number of amides is 1. The van der Waals surface area contributed by atoms with E-state index >= 15 is 0 Å². The summed E-state index contributed by atoms with van der Waals surface area (Å²) in [6.07, 6.45) is 1.21. The number of ether oxygens (including phenoxy) is 1. The molecular weight excluding hydrogens is 370 g/mol. The van der Waals surface area contributed by atoms with Crippen molar-refractivity contribution < 1.29 is 22.7 Å². The molecule has 0 unspecified atom stereocenters. The highest BCUT2D eigenvalue weighted by Crippen LogP contribution is 2.19. The molecule has 0 spiro atoms. The van der Waals surface area contributed by atoms with Gasteiger partial charge in [0.05, 0.1) is 24.6 Å². The standard InChI is InChI=1S/C18H27N3O5S/c1-4-19-11-13-20(14-12-19)17(22)9-10-21(27(3,24)25)16-7-5-15(6-8-16)18(23)26-2/h5-8H,4,9-14H2,1-3H3. The van der Waals surface area contributed by atoms with Crippen LogP contribution in [0.5, 0.6) is 0 Å². The Bertz CT molecular complexity index is 756. The van der Waals surface area contributed by atoms with E-state index in [1.165, 1.54) is 35.7 Å². The van der Waals surface area contributed by atoms with Gasteiger partial charge in [0.2, 0.25) is 15.9 Å². The van der Waals surface area contributed by atoms with Crippen molar-refractivity contribution in [3.05, 3.63) is 29.8 Å². The number of carbonyl (C=O) groups is 2. The molecule has 0 aromatic heterocycles. The Labute approximate surface area is 160 Å². The molecule has 2 rings (SSSR count). The number of piperazine rings is 1. The molecule has 8 nitrogen and oxygen atoms in total. The highest BCUT2D eigenvalue weighted by molar-refractivity contribution is 7.92. The molecule has 0 radical (unpaired) electrons. The van der Waals surface area contributed by atoms with Gasteiger partial charge in [-0.2, -0.15) is 0 Å². The van der Waals surface area contributed by atoms with Crippen molar-refractivity contribution in [1.29, 1.82) is 0 Å². The second-order valence-corrected chi connectivity index (χ2v) is 8.35. The third-order valence-corrected chi connectivity index (χ3v) is 5.87. The van der Waals surface area contributed by atoms with Crippen LogP contribution in [0.25, 0.3) is 0 Å². The van der Waals surface area contributed by atoms with Crippen LogP contribution in [0.4, 0.5) is 5.69 Å². The summed E-state index contributed by atoms with van der Waals surface area (Å²) in [5, 5.41) is 0. The van der Waals surface area contributed by atoms with E-state index in [0.717, 1.165) is 25.9 Å². The van der Waals surface area contributed by atoms with E-state index in [1.807, 2.05) is 0 Å². The third kappa shape index (κ3) is 5.67. The minimum Gasteiger partial charge on any atom is -0.465 e. The van der Waals surface area contributed by atoms with E-state index in [-0.39, 0.29) is 18.9 Å². The number of hydrogen-bond donors (Lipinski definition) is 0. The van der Waals surface area contributed by atoms with Crippen LogP contribution in [0.3, 0.4) is 0 Å². The van der Waals surface area contributed by atoms with Crippen molar-refractivity contribution in [3.8, 4) is 0 Å². The Morgan fingerprint density at radius 1 is 1.11 bits per heavy atom. The SMILES string of the molecule is CCN1CCN(C(=O)CCN(c2ccc(C(=O)OC)cc2)S(C)(=O)=O)CC1. The highest BCUT2D eigenvalue weighted by atomic mass is 32.2. The van der Waals surface area contributed by atoms with Gasteiger partial charge in [-0.05, 0) is 30.8 Å². The molecule has 9 heteroatoms. The number of hydrogen-bond acceptors (Lipinski definition) is 6.